The van der Waals surface area contributed by atoms with E-state index in [2.05, 4.69) is 24.0 Å². The summed E-state index contributed by atoms with van der Waals surface area (Å²) in [6.45, 7) is 4.38. The minimum atomic E-state index is 0.487. The highest BCUT2D eigenvalue weighted by Gasteiger charge is 2.11. The van der Waals surface area contributed by atoms with Gasteiger partial charge in [-0.15, -0.1) is 10.2 Å². The van der Waals surface area contributed by atoms with Crippen molar-refractivity contribution in [2.45, 2.75) is 19.6 Å². The molecule has 18 heavy (non-hydrogen) atoms. The molecule has 1 heterocycles. The Balaban J connectivity index is 2.04. The Morgan fingerprint density at radius 3 is 2.78 bits per heavy atom. The first-order chi connectivity index (χ1) is 8.66. The van der Waals surface area contributed by atoms with Gasteiger partial charge >= 0.3 is 0 Å². The molecule has 0 bridgehead atoms. The van der Waals surface area contributed by atoms with Gasteiger partial charge in [-0.25, -0.2) is 0 Å². The second-order valence-electron chi connectivity index (χ2n) is 4.39. The zero-order chi connectivity index (χ0) is 13.0. The van der Waals surface area contributed by atoms with Gasteiger partial charge in [0.25, 0.3) is 0 Å². The lowest BCUT2D eigenvalue weighted by Gasteiger charge is -2.01. The largest absolute Gasteiger partial charge is 0.420 e. The summed E-state index contributed by atoms with van der Waals surface area (Å²) in [5.41, 5.74) is 0.784. The van der Waals surface area contributed by atoms with Crippen LogP contribution in [0.4, 0.5) is 0 Å². The molecule has 0 amide bonds. The van der Waals surface area contributed by atoms with Crippen LogP contribution >= 0.6 is 23.4 Å². The molecule has 0 aliphatic heterocycles. The van der Waals surface area contributed by atoms with Gasteiger partial charge in [0.15, 0.2) is 0 Å². The minimum absolute atomic E-state index is 0.487. The Morgan fingerprint density at radius 2 is 2.06 bits per heavy atom. The van der Waals surface area contributed by atoms with Gasteiger partial charge in [0.2, 0.25) is 11.8 Å². The zero-order valence-electron chi connectivity index (χ0n) is 10.4. The van der Waals surface area contributed by atoms with Gasteiger partial charge < -0.3 is 4.42 Å². The van der Waals surface area contributed by atoms with E-state index in [0.29, 0.717) is 22.7 Å². The Kier molecular flexibility index (Phi) is 4.66. The zero-order valence-corrected chi connectivity index (χ0v) is 12.0. The second kappa shape index (κ2) is 6.25. The Morgan fingerprint density at radius 1 is 1.28 bits per heavy atom. The van der Waals surface area contributed by atoms with Crippen LogP contribution in [0.25, 0.3) is 11.5 Å². The quantitative estimate of drug-likeness (QED) is 0.820. The summed E-state index contributed by atoms with van der Waals surface area (Å²) in [6.07, 6.45) is 0. The summed E-state index contributed by atoms with van der Waals surface area (Å²) in [5.74, 6) is 3.64. The van der Waals surface area contributed by atoms with E-state index in [4.69, 9.17) is 16.0 Å². The smallest absolute Gasteiger partial charge is 0.249 e. The number of thioether (sulfide) groups is 1. The fourth-order valence-corrected chi connectivity index (χ4v) is 2.53. The first-order valence-corrected chi connectivity index (χ1v) is 7.35. The van der Waals surface area contributed by atoms with Crippen LogP contribution in [0.3, 0.4) is 0 Å². The maximum Gasteiger partial charge on any atom is 0.249 e. The molecule has 1 aromatic carbocycles. The van der Waals surface area contributed by atoms with E-state index in [-0.39, 0.29) is 0 Å². The normalized spacial score (nSPS) is 11.1. The van der Waals surface area contributed by atoms with Gasteiger partial charge in [-0.3, -0.25) is 0 Å². The van der Waals surface area contributed by atoms with Crippen molar-refractivity contribution in [3.63, 3.8) is 0 Å². The van der Waals surface area contributed by atoms with E-state index in [9.17, 15) is 0 Å². The summed E-state index contributed by atoms with van der Waals surface area (Å²) < 4.78 is 5.60. The van der Waals surface area contributed by atoms with Crippen LogP contribution in [0.5, 0.6) is 0 Å². The van der Waals surface area contributed by atoms with Crippen LogP contribution in [0.2, 0.25) is 5.02 Å². The Hall–Kier alpha value is -1.00. The van der Waals surface area contributed by atoms with Crippen molar-refractivity contribution in [3.8, 4) is 11.5 Å². The van der Waals surface area contributed by atoms with Crippen molar-refractivity contribution < 1.29 is 4.42 Å². The molecular weight excluding hydrogens is 268 g/mol. The highest BCUT2D eigenvalue weighted by molar-refractivity contribution is 7.98. The second-order valence-corrected chi connectivity index (χ2v) is 5.83. The number of hydrogen-bond donors (Lipinski definition) is 0. The molecule has 0 N–H and O–H groups in total. The standard InChI is InChI=1S/C13H15ClN2OS/c1-9(2)7-18-8-12-15-16-13(17-12)10-5-3-4-6-11(10)14/h3-6,9H,7-8H2,1-2H3. The number of benzene rings is 1. The van der Waals surface area contributed by atoms with E-state index in [0.717, 1.165) is 17.1 Å². The molecule has 0 radical (unpaired) electrons. The average molecular weight is 283 g/mol. The SMILES string of the molecule is CC(C)CSCc1nnc(-c2ccccc2Cl)o1. The van der Waals surface area contributed by atoms with Crippen LogP contribution < -0.4 is 0 Å². The third-order valence-corrected chi connectivity index (χ3v) is 3.93. The van der Waals surface area contributed by atoms with Crippen LogP contribution in [0.1, 0.15) is 19.7 Å². The molecule has 0 saturated carbocycles. The molecule has 5 heteroatoms. The van der Waals surface area contributed by atoms with E-state index in [1.165, 1.54) is 0 Å². The van der Waals surface area contributed by atoms with Gasteiger partial charge in [-0.1, -0.05) is 37.6 Å². The summed E-state index contributed by atoms with van der Waals surface area (Å²) in [7, 11) is 0. The summed E-state index contributed by atoms with van der Waals surface area (Å²) in [4.78, 5) is 0. The number of aromatic nitrogens is 2. The molecule has 0 spiro atoms. The van der Waals surface area contributed by atoms with Gasteiger partial charge in [0, 0.05) is 0 Å². The van der Waals surface area contributed by atoms with Gasteiger partial charge in [-0.05, 0) is 23.8 Å². The average Bonchev–Trinajstić information content (AvgIpc) is 2.78. The fourth-order valence-electron chi connectivity index (χ4n) is 1.44. The van der Waals surface area contributed by atoms with Gasteiger partial charge in [-0.2, -0.15) is 11.8 Å². The van der Waals surface area contributed by atoms with Gasteiger partial charge in [0.05, 0.1) is 16.3 Å². The molecule has 3 nitrogen and oxygen atoms in total. The van der Waals surface area contributed by atoms with Crippen LogP contribution in [0, 0.1) is 5.92 Å². The van der Waals surface area contributed by atoms with Gasteiger partial charge in [0.1, 0.15) is 0 Å². The highest BCUT2D eigenvalue weighted by atomic mass is 35.5. The topological polar surface area (TPSA) is 38.9 Å². The number of halogens is 1. The number of nitrogens with zero attached hydrogens (tertiary/aromatic N) is 2. The van der Waals surface area contributed by atoms with E-state index < -0.39 is 0 Å². The summed E-state index contributed by atoms with van der Waals surface area (Å²) >= 11 is 7.88. The van der Waals surface area contributed by atoms with Crippen molar-refractivity contribution in [1.82, 2.24) is 10.2 Å². The van der Waals surface area contributed by atoms with Crippen molar-refractivity contribution in [3.05, 3.63) is 35.2 Å². The lowest BCUT2D eigenvalue weighted by molar-refractivity contribution is 0.528. The third-order valence-electron chi connectivity index (χ3n) is 2.25. The highest BCUT2D eigenvalue weighted by Crippen LogP contribution is 2.27. The first kappa shape index (κ1) is 13.4. The van der Waals surface area contributed by atoms with Crippen LogP contribution in [-0.2, 0) is 5.75 Å². The molecule has 0 aliphatic rings. The molecule has 0 unspecified atom stereocenters. The van der Waals surface area contributed by atoms with E-state index >= 15 is 0 Å². The summed E-state index contributed by atoms with van der Waals surface area (Å²) in [6, 6.07) is 7.47. The minimum Gasteiger partial charge on any atom is -0.420 e. The molecule has 0 atom stereocenters. The van der Waals surface area contributed by atoms with Crippen molar-refractivity contribution in [1.29, 1.82) is 0 Å². The van der Waals surface area contributed by atoms with E-state index in [1.807, 2.05) is 24.3 Å². The lowest BCUT2D eigenvalue weighted by atomic mass is 10.2. The van der Waals surface area contributed by atoms with Crippen molar-refractivity contribution in [2.24, 2.45) is 5.92 Å². The van der Waals surface area contributed by atoms with Crippen LogP contribution in [0.15, 0.2) is 28.7 Å². The molecule has 2 aromatic rings. The third kappa shape index (κ3) is 3.50. The molecule has 0 fully saturated rings. The first-order valence-electron chi connectivity index (χ1n) is 5.82. The molecule has 0 aliphatic carbocycles. The Labute approximate surface area is 116 Å². The summed E-state index contributed by atoms with van der Waals surface area (Å²) in [5, 5.41) is 8.69. The molecular formula is C13H15ClN2OS. The molecule has 1 aromatic heterocycles. The van der Waals surface area contributed by atoms with Crippen LogP contribution in [-0.4, -0.2) is 16.0 Å². The maximum absolute atomic E-state index is 6.08. The number of rotatable bonds is 5. The fraction of sp³-hybridized carbons (Fsp3) is 0.385. The molecule has 0 saturated heterocycles. The van der Waals surface area contributed by atoms with Crippen molar-refractivity contribution >= 4 is 23.4 Å². The number of hydrogen-bond acceptors (Lipinski definition) is 4. The lowest BCUT2D eigenvalue weighted by Crippen LogP contribution is -1.91. The molecule has 96 valence electrons. The Bertz CT molecular complexity index is 513. The predicted molar refractivity (Wildman–Crippen MR) is 75.7 cm³/mol. The molecule has 2 rings (SSSR count). The van der Waals surface area contributed by atoms with Crippen molar-refractivity contribution in [2.75, 3.05) is 5.75 Å². The predicted octanol–water partition coefficient (Wildman–Crippen LogP) is 4.28. The van der Waals surface area contributed by atoms with E-state index in [1.54, 1.807) is 11.8 Å². The maximum atomic E-state index is 6.08. The monoisotopic (exact) mass is 282 g/mol.